The molecular weight excluding hydrogens is 298 g/mol. The summed E-state index contributed by atoms with van der Waals surface area (Å²) in [6, 6.07) is -0.227. The Morgan fingerprint density at radius 1 is 1.62 bits per heavy atom. The van der Waals surface area contributed by atoms with Crippen LogP contribution < -0.4 is 4.72 Å². The molecular formula is C12H19N3O5S. The summed E-state index contributed by atoms with van der Waals surface area (Å²) in [6.07, 6.45) is 2.96. The van der Waals surface area contributed by atoms with Crippen molar-refractivity contribution in [1.29, 1.82) is 0 Å². The van der Waals surface area contributed by atoms with E-state index >= 15 is 0 Å². The maximum absolute atomic E-state index is 12.3. The summed E-state index contributed by atoms with van der Waals surface area (Å²) in [5, 5.41) is 12.4. The number of aliphatic carboxylic acids is 1. The summed E-state index contributed by atoms with van der Waals surface area (Å²) in [5.74, 6) is -1.09. The van der Waals surface area contributed by atoms with E-state index in [2.05, 4.69) is 9.82 Å². The summed E-state index contributed by atoms with van der Waals surface area (Å²) in [5.41, 5.74) is -0.293. The van der Waals surface area contributed by atoms with Crippen LogP contribution in [0.4, 0.5) is 0 Å². The van der Waals surface area contributed by atoms with Crippen LogP contribution in [0.25, 0.3) is 0 Å². The molecule has 0 aliphatic heterocycles. The lowest BCUT2D eigenvalue weighted by Gasteiger charge is -2.50. The maximum atomic E-state index is 12.3. The molecule has 1 aliphatic rings. The molecule has 2 unspecified atom stereocenters. The SMILES string of the molecule is COC1CC(NS(=O)(=O)c2cnn(CC(=O)O)c2)C1(C)C. The number of rotatable bonds is 6. The standard InChI is InChI=1S/C12H19N3O5S/c1-12(2)9(4-10(12)20-3)14-21(18,19)8-5-13-15(6-8)7-11(16)17/h5-6,9-10,14H,4,7H2,1-3H3,(H,16,17). The van der Waals surface area contributed by atoms with Crippen molar-refractivity contribution >= 4 is 16.0 Å². The molecule has 2 rings (SSSR count). The van der Waals surface area contributed by atoms with E-state index in [-0.39, 0.29) is 29.0 Å². The van der Waals surface area contributed by atoms with E-state index in [4.69, 9.17) is 9.84 Å². The normalized spacial score (nSPS) is 24.5. The Balaban J connectivity index is 2.09. The summed E-state index contributed by atoms with van der Waals surface area (Å²) < 4.78 is 33.5. The fraction of sp³-hybridized carbons (Fsp3) is 0.667. The Morgan fingerprint density at radius 3 is 2.81 bits per heavy atom. The number of carbonyl (C=O) groups is 1. The van der Waals surface area contributed by atoms with Crippen LogP contribution in [0.5, 0.6) is 0 Å². The van der Waals surface area contributed by atoms with Gasteiger partial charge in [0.05, 0.1) is 12.3 Å². The number of methoxy groups -OCH3 is 1. The molecule has 0 amide bonds. The molecule has 9 heteroatoms. The smallest absolute Gasteiger partial charge is 0.325 e. The van der Waals surface area contributed by atoms with Gasteiger partial charge in [0, 0.05) is 24.8 Å². The van der Waals surface area contributed by atoms with Gasteiger partial charge in [0.2, 0.25) is 10.0 Å². The predicted octanol–water partition coefficient (Wildman–Crippen LogP) is 0.0595. The number of nitrogens with one attached hydrogen (secondary N) is 1. The molecule has 0 bridgehead atoms. The third-order valence-corrected chi connectivity index (χ3v) is 5.40. The zero-order valence-electron chi connectivity index (χ0n) is 12.1. The monoisotopic (exact) mass is 317 g/mol. The topological polar surface area (TPSA) is 111 Å². The van der Waals surface area contributed by atoms with Gasteiger partial charge in [-0.1, -0.05) is 13.8 Å². The Kier molecular flexibility index (Phi) is 4.09. The van der Waals surface area contributed by atoms with Crippen LogP contribution in [0.3, 0.4) is 0 Å². The highest BCUT2D eigenvalue weighted by atomic mass is 32.2. The van der Waals surface area contributed by atoms with Crippen molar-refractivity contribution in [3.05, 3.63) is 12.4 Å². The van der Waals surface area contributed by atoms with E-state index in [1.165, 1.54) is 6.20 Å². The number of aromatic nitrogens is 2. The van der Waals surface area contributed by atoms with Crippen molar-refractivity contribution in [3.63, 3.8) is 0 Å². The van der Waals surface area contributed by atoms with Crippen LogP contribution in [0.2, 0.25) is 0 Å². The molecule has 1 heterocycles. The Hall–Kier alpha value is -1.45. The fourth-order valence-corrected chi connectivity index (χ4v) is 3.81. The molecule has 1 aromatic rings. The molecule has 0 radical (unpaired) electrons. The van der Waals surface area contributed by atoms with Crippen molar-refractivity contribution in [2.45, 2.75) is 43.9 Å². The maximum Gasteiger partial charge on any atom is 0.325 e. The van der Waals surface area contributed by atoms with Crippen LogP contribution in [0.15, 0.2) is 17.3 Å². The third-order valence-electron chi connectivity index (χ3n) is 3.98. The Morgan fingerprint density at radius 2 is 2.29 bits per heavy atom. The fourth-order valence-electron chi connectivity index (χ4n) is 2.45. The highest BCUT2D eigenvalue weighted by Crippen LogP contribution is 2.42. The molecule has 2 N–H and O–H groups in total. The van der Waals surface area contributed by atoms with Gasteiger partial charge in [-0.15, -0.1) is 0 Å². The number of ether oxygens (including phenoxy) is 1. The van der Waals surface area contributed by atoms with Crippen LogP contribution in [-0.2, 0) is 26.1 Å². The van der Waals surface area contributed by atoms with Crippen molar-refractivity contribution in [2.24, 2.45) is 5.41 Å². The van der Waals surface area contributed by atoms with E-state index in [9.17, 15) is 13.2 Å². The van der Waals surface area contributed by atoms with Gasteiger partial charge < -0.3 is 9.84 Å². The van der Waals surface area contributed by atoms with Gasteiger partial charge in [-0.25, -0.2) is 13.1 Å². The average Bonchev–Trinajstić information content (AvgIpc) is 2.82. The second-order valence-corrected chi connectivity index (χ2v) is 7.44. The van der Waals surface area contributed by atoms with Gasteiger partial charge in [0.1, 0.15) is 11.4 Å². The summed E-state index contributed by atoms with van der Waals surface area (Å²) >= 11 is 0. The minimum atomic E-state index is -3.72. The minimum Gasteiger partial charge on any atom is -0.480 e. The lowest BCUT2D eigenvalue weighted by atomic mass is 9.65. The van der Waals surface area contributed by atoms with E-state index in [0.29, 0.717) is 6.42 Å². The van der Waals surface area contributed by atoms with Crippen molar-refractivity contribution < 1.29 is 23.1 Å². The van der Waals surface area contributed by atoms with E-state index in [1.54, 1.807) is 7.11 Å². The number of nitrogens with zero attached hydrogens (tertiary/aromatic N) is 2. The molecule has 0 spiro atoms. The molecule has 21 heavy (non-hydrogen) atoms. The third kappa shape index (κ3) is 3.09. The van der Waals surface area contributed by atoms with Crippen LogP contribution in [0.1, 0.15) is 20.3 Å². The zero-order chi connectivity index (χ0) is 15.8. The molecule has 118 valence electrons. The van der Waals surface area contributed by atoms with Gasteiger partial charge in [0.25, 0.3) is 0 Å². The summed E-state index contributed by atoms with van der Waals surface area (Å²) in [6.45, 7) is 3.49. The first-order valence-corrected chi connectivity index (χ1v) is 7.94. The zero-order valence-corrected chi connectivity index (χ0v) is 12.9. The highest BCUT2D eigenvalue weighted by molar-refractivity contribution is 7.89. The highest BCUT2D eigenvalue weighted by Gasteiger charge is 2.50. The molecule has 1 saturated carbocycles. The number of sulfonamides is 1. The second kappa shape index (κ2) is 5.39. The van der Waals surface area contributed by atoms with Gasteiger partial charge >= 0.3 is 5.97 Å². The minimum absolute atomic E-state index is 0.0138. The molecule has 0 aromatic carbocycles. The largest absolute Gasteiger partial charge is 0.480 e. The van der Waals surface area contributed by atoms with E-state index < -0.39 is 16.0 Å². The van der Waals surface area contributed by atoms with Gasteiger partial charge in [-0.3, -0.25) is 9.48 Å². The first-order chi connectivity index (χ1) is 9.66. The van der Waals surface area contributed by atoms with Gasteiger partial charge in [0.15, 0.2) is 0 Å². The number of hydrogen-bond donors (Lipinski definition) is 2. The molecule has 0 saturated heterocycles. The lowest BCUT2D eigenvalue weighted by molar-refractivity contribution is -0.137. The van der Waals surface area contributed by atoms with E-state index in [0.717, 1.165) is 10.9 Å². The lowest BCUT2D eigenvalue weighted by Crippen LogP contribution is -2.61. The van der Waals surface area contributed by atoms with Gasteiger partial charge in [-0.2, -0.15) is 5.10 Å². The van der Waals surface area contributed by atoms with Crippen molar-refractivity contribution in [3.8, 4) is 0 Å². The van der Waals surface area contributed by atoms with Crippen molar-refractivity contribution in [2.75, 3.05) is 7.11 Å². The second-order valence-electron chi connectivity index (χ2n) is 5.72. The van der Waals surface area contributed by atoms with Crippen LogP contribution in [-0.4, -0.2) is 48.5 Å². The average molecular weight is 317 g/mol. The Bertz CT molecular complexity index is 637. The molecule has 1 aromatic heterocycles. The molecule has 2 atom stereocenters. The Labute approximate surface area is 123 Å². The summed E-state index contributed by atoms with van der Waals surface area (Å²) in [7, 11) is -2.12. The predicted molar refractivity (Wildman–Crippen MR) is 73.2 cm³/mol. The van der Waals surface area contributed by atoms with Gasteiger partial charge in [-0.05, 0) is 6.42 Å². The molecule has 1 aliphatic carbocycles. The molecule has 1 fully saturated rings. The number of carboxylic acids is 1. The quantitative estimate of drug-likeness (QED) is 0.767. The van der Waals surface area contributed by atoms with Crippen LogP contribution in [0, 0.1) is 5.41 Å². The number of hydrogen-bond acceptors (Lipinski definition) is 5. The molecule has 8 nitrogen and oxygen atoms in total. The van der Waals surface area contributed by atoms with Crippen molar-refractivity contribution in [1.82, 2.24) is 14.5 Å². The van der Waals surface area contributed by atoms with E-state index in [1.807, 2.05) is 13.8 Å². The first-order valence-electron chi connectivity index (χ1n) is 6.46. The summed E-state index contributed by atoms with van der Waals surface area (Å²) in [4.78, 5) is 10.5. The number of carboxylic acid groups (broad SMARTS) is 1. The first kappa shape index (κ1) is 15.9. The van der Waals surface area contributed by atoms with Crippen LogP contribution >= 0.6 is 0 Å².